The number of alkyl halides is 3. The van der Waals surface area contributed by atoms with Gasteiger partial charge in [-0.25, -0.2) is 19.9 Å². The quantitative estimate of drug-likeness (QED) is 0.111. The van der Waals surface area contributed by atoms with Gasteiger partial charge in [-0.3, -0.25) is 4.72 Å². The Labute approximate surface area is 263 Å². The largest absolute Gasteiger partial charge is 0.416 e. The van der Waals surface area contributed by atoms with E-state index in [2.05, 4.69) is 21.0 Å². The molecule has 15 heteroatoms. The molecule has 4 N–H and O–H groups in total. The molecule has 0 saturated carbocycles. The predicted molar refractivity (Wildman–Crippen MR) is 168 cm³/mol. The summed E-state index contributed by atoms with van der Waals surface area (Å²) in [5, 5.41) is 12.7. The topological polar surface area (TPSA) is 112 Å². The minimum absolute atomic E-state index is 0.0324. The molecule has 4 rings (SSSR count). The van der Waals surface area contributed by atoms with Crippen LogP contribution in [0, 0.1) is 0 Å². The molecule has 0 bridgehead atoms. The highest BCUT2D eigenvalue weighted by Gasteiger charge is 2.32. The van der Waals surface area contributed by atoms with E-state index in [1.807, 2.05) is 42.5 Å². The lowest BCUT2D eigenvalue weighted by Crippen LogP contribution is -2.36. The van der Waals surface area contributed by atoms with Gasteiger partial charge in [-0.05, 0) is 66.4 Å². The normalized spacial score (nSPS) is 15.4. The van der Waals surface area contributed by atoms with Gasteiger partial charge in [0.05, 0.1) is 24.4 Å². The molecule has 8 nitrogen and oxygen atoms in total. The third-order valence-electron chi connectivity index (χ3n) is 5.62. The van der Waals surface area contributed by atoms with Crippen LogP contribution in [-0.2, 0) is 16.4 Å². The average molecular weight is 674 g/mol. The Bertz CT molecular complexity index is 1530. The van der Waals surface area contributed by atoms with E-state index in [4.69, 9.17) is 33.4 Å². The van der Waals surface area contributed by atoms with Gasteiger partial charge < -0.3 is 0 Å². The van der Waals surface area contributed by atoms with E-state index in [1.54, 1.807) is 24.1 Å². The van der Waals surface area contributed by atoms with Crippen LogP contribution in [0.4, 0.5) is 13.2 Å². The summed E-state index contributed by atoms with van der Waals surface area (Å²) >= 11 is 12.2. The van der Waals surface area contributed by atoms with Gasteiger partial charge in [0.1, 0.15) is 0 Å². The highest BCUT2D eigenvalue weighted by Crippen LogP contribution is 2.32. The zero-order chi connectivity index (χ0) is 31.6. The molecule has 230 valence electrons. The number of hydrazone groups is 1. The summed E-state index contributed by atoms with van der Waals surface area (Å²) in [4.78, 5) is 4.98. The number of allylic oxidation sites excluding steroid dienone is 1. The standard InChI is InChI=1S/C25H24ClF3N6O2S2.C3H5Cl/c26-20-10-6-18(7-11-20)23-22(17-4-2-1-3-5-17)16-35(33-23)24(31-14-15-32-39(30,36)37)34-38-21-12-8-19(9-13-21)25(27,28)29;1-3(2)4/h1-13,22,32H,14-16H2,(H,31,34)(H2,30,36,37);1H2,2H3. The van der Waals surface area contributed by atoms with Gasteiger partial charge in [0.25, 0.3) is 10.2 Å². The molecule has 0 amide bonds. The predicted octanol–water partition coefficient (Wildman–Crippen LogP) is 6.37. The molecule has 0 saturated heterocycles. The number of guanidine groups is 1. The maximum atomic E-state index is 12.9. The fourth-order valence-corrected chi connectivity index (χ4v) is 4.95. The minimum atomic E-state index is -4.44. The number of benzene rings is 3. The van der Waals surface area contributed by atoms with Crippen LogP contribution in [-0.4, -0.2) is 44.7 Å². The summed E-state index contributed by atoms with van der Waals surface area (Å²) in [6.07, 6.45) is -4.44. The maximum Gasteiger partial charge on any atom is 0.416 e. The van der Waals surface area contributed by atoms with Crippen LogP contribution in [0.5, 0.6) is 0 Å². The van der Waals surface area contributed by atoms with Crippen molar-refractivity contribution in [3.05, 3.63) is 112 Å². The van der Waals surface area contributed by atoms with E-state index in [-0.39, 0.29) is 19.0 Å². The molecule has 1 unspecified atom stereocenters. The molecule has 1 heterocycles. The summed E-state index contributed by atoms with van der Waals surface area (Å²) in [7, 11) is -3.89. The molecule has 0 spiro atoms. The van der Waals surface area contributed by atoms with Crippen LogP contribution in [0.25, 0.3) is 0 Å². The maximum absolute atomic E-state index is 12.9. The van der Waals surface area contributed by atoms with E-state index in [1.165, 1.54) is 12.1 Å². The van der Waals surface area contributed by atoms with Crippen LogP contribution in [0.1, 0.15) is 29.5 Å². The summed E-state index contributed by atoms with van der Waals surface area (Å²) in [6, 6.07) is 21.8. The second-order valence-corrected chi connectivity index (χ2v) is 12.4. The molecule has 0 fully saturated rings. The molecule has 1 aliphatic heterocycles. The Kier molecular flexibility index (Phi) is 12.5. The van der Waals surface area contributed by atoms with Gasteiger partial charge in [0.2, 0.25) is 5.96 Å². The van der Waals surface area contributed by atoms with Gasteiger partial charge in [0, 0.05) is 27.4 Å². The number of aliphatic imine (C=N–C) groups is 1. The summed E-state index contributed by atoms with van der Waals surface area (Å²) < 4.78 is 66.5. The van der Waals surface area contributed by atoms with Gasteiger partial charge in [-0.15, -0.1) is 0 Å². The van der Waals surface area contributed by atoms with E-state index >= 15 is 0 Å². The van der Waals surface area contributed by atoms with Gasteiger partial charge in [-0.1, -0.05) is 72.2 Å². The van der Waals surface area contributed by atoms with Crippen molar-refractivity contribution in [2.75, 3.05) is 19.6 Å². The van der Waals surface area contributed by atoms with E-state index in [9.17, 15) is 21.6 Å². The van der Waals surface area contributed by atoms with Crippen molar-refractivity contribution in [3.63, 3.8) is 0 Å². The zero-order valence-electron chi connectivity index (χ0n) is 22.9. The first-order chi connectivity index (χ1) is 20.2. The van der Waals surface area contributed by atoms with E-state index in [0.717, 1.165) is 40.9 Å². The van der Waals surface area contributed by atoms with Crippen molar-refractivity contribution in [1.29, 1.82) is 0 Å². The smallest absolute Gasteiger partial charge is 0.295 e. The lowest BCUT2D eigenvalue weighted by molar-refractivity contribution is -0.137. The lowest BCUT2D eigenvalue weighted by atomic mass is 9.91. The van der Waals surface area contributed by atoms with Crippen molar-refractivity contribution in [2.45, 2.75) is 23.9 Å². The van der Waals surface area contributed by atoms with Crippen LogP contribution < -0.4 is 14.6 Å². The van der Waals surface area contributed by atoms with Gasteiger partial charge >= 0.3 is 6.18 Å². The molecular weight excluding hydrogens is 644 g/mol. The summed E-state index contributed by atoms with van der Waals surface area (Å²) in [5.74, 6) is 0.166. The third-order valence-corrected chi connectivity index (χ3v) is 7.27. The fourth-order valence-electron chi connectivity index (χ4n) is 3.79. The molecule has 3 aromatic carbocycles. The second-order valence-electron chi connectivity index (χ2n) is 9.08. The number of rotatable bonds is 8. The zero-order valence-corrected chi connectivity index (χ0v) is 26.0. The molecule has 43 heavy (non-hydrogen) atoms. The Morgan fingerprint density at radius 2 is 1.72 bits per heavy atom. The Morgan fingerprint density at radius 3 is 2.28 bits per heavy atom. The number of hydrogen-bond donors (Lipinski definition) is 3. The SMILES string of the molecule is C=C(C)Cl.NS(=O)(=O)NCCN=C(NSc1ccc(C(F)(F)F)cc1)N1CC(c2ccccc2)C(c2ccc(Cl)cc2)=N1. The number of nitrogens with one attached hydrogen (secondary N) is 2. The van der Waals surface area contributed by atoms with Crippen molar-refractivity contribution < 1.29 is 21.6 Å². The summed E-state index contributed by atoms with van der Waals surface area (Å²) in [5.41, 5.74) is 1.91. The molecule has 3 aromatic rings. The van der Waals surface area contributed by atoms with Crippen molar-refractivity contribution >= 4 is 57.0 Å². The van der Waals surface area contributed by atoms with Gasteiger partial charge in [0.15, 0.2) is 0 Å². The van der Waals surface area contributed by atoms with Crippen LogP contribution in [0.3, 0.4) is 0 Å². The molecule has 0 radical (unpaired) electrons. The lowest BCUT2D eigenvalue weighted by Gasteiger charge is -2.19. The molecule has 1 atom stereocenters. The number of halogens is 5. The fraction of sp³-hybridized carbons (Fsp3) is 0.214. The third kappa shape index (κ3) is 11.5. The van der Waals surface area contributed by atoms with Crippen LogP contribution in [0.2, 0.25) is 5.02 Å². The number of hydrogen-bond acceptors (Lipinski definition) is 5. The first-order valence-electron chi connectivity index (χ1n) is 12.6. The van der Waals surface area contributed by atoms with Crippen molar-refractivity contribution in [1.82, 2.24) is 14.5 Å². The summed E-state index contributed by atoms with van der Waals surface area (Å²) in [6.45, 7) is 5.44. The van der Waals surface area contributed by atoms with Crippen molar-refractivity contribution in [3.8, 4) is 0 Å². The van der Waals surface area contributed by atoms with Crippen molar-refractivity contribution in [2.24, 2.45) is 15.2 Å². The number of nitrogens with two attached hydrogens (primary N) is 1. The monoisotopic (exact) mass is 672 g/mol. The minimum Gasteiger partial charge on any atom is -0.295 e. The average Bonchev–Trinajstić information content (AvgIpc) is 3.38. The molecular formula is C28H29Cl2F3N6O2S2. The van der Waals surface area contributed by atoms with Crippen LogP contribution in [0.15, 0.2) is 105 Å². The molecule has 0 aliphatic carbocycles. The van der Waals surface area contributed by atoms with E-state index < -0.39 is 21.9 Å². The highest BCUT2D eigenvalue weighted by molar-refractivity contribution is 7.98. The molecule has 0 aromatic heterocycles. The van der Waals surface area contributed by atoms with E-state index in [0.29, 0.717) is 27.5 Å². The van der Waals surface area contributed by atoms with Crippen LogP contribution >= 0.6 is 35.1 Å². The Balaban J connectivity index is 0.00000119. The first-order valence-corrected chi connectivity index (χ1v) is 15.7. The van der Waals surface area contributed by atoms with Gasteiger partial charge in [-0.2, -0.15) is 26.7 Å². The Hall–Kier alpha value is -3.07. The highest BCUT2D eigenvalue weighted by atomic mass is 35.5. The number of nitrogens with zero attached hydrogens (tertiary/aromatic N) is 3. The second kappa shape index (κ2) is 15.6. The Morgan fingerprint density at radius 1 is 1.12 bits per heavy atom. The first kappa shape index (κ1) is 34.4. The molecule has 1 aliphatic rings.